The number of phenols is 1. The number of nitrogens with zero attached hydrogens (tertiary/aromatic N) is 1. The van der Waals surface area contributed by atoms with Gasteiger partial charge in [-0.25, -0.2) is 0 Å². The molecule has 1 aliphatic rings. The fourth-order valence-electron chi connectivity index (χ4n) is 3.07. The number of phenolic OH excluding ortho intramolecular Hbond substituents is 1. The first-order chi connectivity index (χ1) is 9.17. The zero-order valence-corrected chi connectivity index (χ0v) is 13.1. The highest BCUT2D eigenvalue weighted by atomic mass is 79.9. The fourth-order valence-corrected chi connectivity index (χ4v) is 3.46. The maximum atomic E-state index is 9.61. The largest absolute Gasteiger partial charge is 0.507 e. The molecule has 0 saturated carbocycles. The number of piperidine rings is 1. The Labute approximate surface area is 123 Å². The van der Waals surface area contributed by atoms with E-state index in [0.29, 0.717) is 12.6 Å². The molecule has 0 aliphatic carbocycles. The van der Waals surface area contributed by atoms with E-state index < -0.39 is 0 Å². The molecule has 1 aliphatic heterocycles. The lowest BCUT2D eigenvalue weighted by Crippen LogP contribution is -2.44. The molecule has 0 bridgehead atoms. The summed E-state index contributed by atoms with van der Waals surface area (Å²) in [5, 5.41) is 9.61. The highest BCUT2D eigenvalue weighted by molar-refractivity contribution is 9.10. The SMILES string of the molecule is CCC1CCCCN1C(CN)c1ccc(O)c(Br)c1. The fraction of sp³-hybridized carbons (Fsp3) is 0.600. The molecule has 2 atom stereocenters. The molecule has 0 radical (unpaired) electrons. The van der Waals surface area contributed by atoms with Gasteiger partial charge < -0.3 is 10.8 Å². The molecule has 3 nitrogen and oxygen atoms in total. The predicted octanol–water partition coefficient (Wildman–Crippen LogP) is 3.42. The van der Waals surface area contributed by atoms with E-state index >= 15 is 0 Å². The second-order valence-corrected chi connectivity index (χ2v) is 6.11. The van der Waals surface area contributed by atoms with Crippen LogP contribution in [0.5, 0.6) is 5.75 Å². The second-order valence-electron chi connectivity index (χ2n) is 5.26. The summed E-state index contributed by atoms with van der Waals surface area (Å²) in [6, 6.07) is 6.61. The zero-order valence-electron chi connectivity index (χ0n) is 11.5. The molecule has 1 aromatic rings. The highest BCUT2D eigenvalue weighted by Crippen LogP contribution is 2.33. The minimum absolute atomic E-state index is 0.252. The van der Waals surface area contributed by atoms with Crippen LogP contribution in [0.3, 0.4) is 0 Å². The molecule has 19 heavy (non-hydrogen) atoms. The highest BCUT2D eigenvalue weighted by Gasteiger charge is 2.28. The Bertz CT molecular complexity index is 425. The molecule has 2 unspecified atom stereocenters. The van der Waals surface area contributed by atoms with Crippen molar-refractivity contribution >= 4 is 15.9 Å². The van der Waals surface area contributed by atoms with Crippen LogP contribution >= 0.6 is 15.9 Å². The maximum absolute atomic E-state index is 9.61. The molecule has 0 amide bonds. The Balaban J connectivity index is 2.24. The van der Waals surface area contributed by atoms with Gasteiger partial charge in [0.25, 0.3) is 0 Å². The summed E-state index contributed by atoms with van der Waals surface area (Å²) in [4.78, 5) is 2.54. The van der Waals surface area contributed by atoms with Crippen molar-refractivity contribution in [3.63, 3.8) is 0 Å². The van der Waals surface area contributed by atoms with Gasteiger partial charge in [-0.3, -0.25) is 4.90 Å². The Morgan fingerprint density at radius 2 is 2.26 bits per heavy atom. The average Bonchev–Trinajstić information content (AvgIpc) is 2.44. The smallest absolute Gasteiger partial charge is 0.129 e. The lowest BCUT2D eigenvalue weighted by Gasteiger charge is -2.41. The minimum Gasteiger partial charge on any atom is -0.507 e. The van der Waals surface area contributed by atoms with E-state index in [1.807, 2.05) is 12.1 Å². The quantitative estimate of drug-likeness (QED) is 0.891. The molecule has 1 aromatic carbocycles. The van der Waals surface area contributed by atoms with E-state index in [-0.39, 0.29) is 11.8 Å². The van der Waals surface area contributed by atoms with Crippen molar-refractivity contribution < 1.29 is 5.11 Å². The Morgan fingerprint density at radius 1 is 1.47 bits per heavy atom. The lowest BCUT2D eigenvalue weighted by atomic mass is 9.95. The molecule has 2 rings (SSSR count). The van der Waals surface area contributed by atoms with Crippen LogP contribution in [0.2, 0.25) is 0 Å². The first kappa shape index (κ1) is 14.8. The van der Waals surface area contributed by atoms with Gasteiger partial charge in [-0.05, 0) is 59.4 Å². The van der Waals surface area contributed by atoms with Crippen LogP contribution in [0.25, 0.3) is 0 Å². The first-order valence-electron chi connectivity index (χ1n) is 7.11. The van der Waals surface area contributed by atoms with Gasteiger partial charge in [0.1, 0.15) is 5.75 Å². The van der Waals surface area contributed by atoms with Crippen LogP contribution in [0.15, 0.2) is 22.7 Å². The second kappa shape index (κ2) is 6.73. The van der Waals surface area contributed by atoms with Crippen LogP contribution < -0.4 is 5.73 Å². The van der Waals surface area contributed by atoms with Crippen LogP contribution in [-0.4, -0.2) is 29.1 Å². The van der Waals surface area contributed by atoms with E-state index in [9.17, 15) is 5.11 Å². The predicted molar refractivity (Wildman–Crippen MR) is 82.2 cm³/mol. The zero-order chi connectivity index (χ0) is 13.8. The number of rotatable bonds is 4. The molecular formula is C15H23BrN2O. The van der Waals surface area contributed by atoms with E-state index in [1.54, 1.807) is 6.07 Å². The number of nitrogens with two attached hydrogens (primary N) is 1. The number of halogens is 1. The van der Waals surface area contributed by atoms with Crippen LogP contribution in [0.1, 0.15) is 44.2 Å². The molecule has 1 fully saturated rings. The summed E-state index contributed by atoms with van der Waals surface area (Å²) >= 11 is 3.39. The third-order valence-corrected chi connectivity index (χ3v) is 4.76. The standard InChI is InChI=1S/C15H23BrN2O/c1-2-12-5-3-4-8-18(12)14(10-17)11-6-7-15(19)13(16)9-11/h6-7,9,12,14,19H,2-5,8,10,17H2,1H3. The van der Waals surface area contributed by atoms with Crippen molar-refractivity contribution in [2.45, 2.75) is 44.7 Å². The summed E-state index contributed by atoms with van der Waals surface area (Å²) in [6.07, 6.45) is 5.03. The van der Waals surface area contributed by atoms with E-state index in [0.717, 1.165) is 11.0 Å². The molecule has 1 heterocycles. The third-order valence-electron chi connectivity index (χ3n) is 4.12. The van der Waals surface area contributed by atoms with Crippen molar-refractivity contribution in [2.75, 3.05) is 13.1 Å². The van der Waals surface area contributed by atoms with Gasteiger partial charge in [-0.2, -0.15) is 0 Å². The van der Waals surface area contributed by atoms with Gasteiger partial charge in [0, 0.05) is 18.6 Å². The van der Waals surface area contributed by atoms with Crippen LogP contribution in [0.4, 0.5) is 0 Å². The van der Waals surface area contributed by atoms with Crippen LogP contribution in [-0.2, 0) is 0 Å². The number of benzene rings is 1. The van der Waals surface area contributed by atoms with Gasteiger partial charge in [0.15, 0.2) is 0 Å². The maximum Gasteiger partial charge on any atom is 0.129 e. The number of hydrogen-bond acceptors (Lipinski definition) is 3. The molecule has 3 N–H and O–H groups in total. The molecule has 4 heteroatoms. The first-order valence-corrected chi connectivity index (χ1v) is 7.91. The molecule has 1 saturated heterocycles. The monoisotopic (exact) mass is 326 g/mol. The van der Waals surface area contributed by atoms with Crippen LogP contribution in [0, 0.1) is 0 Å². The van der Waals surface area contributed by atoms with Gasteiger partial charge in [0.05, 0.1) is 4.47 Å². The summed E-state index contributed by atoms with van der Waals surface area (Å²) in [7, 11) is 0. The normalized spacial score (nSPS) is 22.4. The van der Waals surface area contributed by atoms with E-state index in [4.69, 9.17) is 5.73 Å². The topological polar surface area (TPSA) is 49.5 Å². The Morgan fingerprint density at radius 3 is 2.89 bits per heavy atom. The Hall–Kier alpha value is -0.580. The van der Waals surface area contributed by atoms with Crippen molar-refractivity contribution in [3.05, 3.63) is 28.2 Å². The molecule has 0 aromatic heterocycles. The summed E-state index contributed by atoms with van der Waals surface area (Å²) in [6.45, 7) is 4.00. The van der Waals surface area contributed by atoms with Crippen molar-refractivity contribution in [3.8, 4) is 5.75 Å². The lowest BCUT2D eigenvalue weighted by molar-refractivity contribution is 0.0949. The molecule has 106 valence electrons. The summed E-state index contributed by atoms with van der Waals surface area (Å²) in [5.41, 5.74) is 7.21. The third kappa shape index (κ3) is 3.30. The number of aromatic hydroxyl groups is 1. The molecule has 0 spiro atoms. The average molecular weight is 327 g/mol. The Kier molecular flexibility index (Phi) is 5.25. The minimum atomic E-state index is 0.252. The van der Waals surface area contributed by atoms with Gasteiger partial charge in [-0.15, -0.1) is 0 Å². The van der Waals surface area contributed by atoms with E-state index in [1.165, 1.54) is 31.2 Å². The van der Waals surface area contributed by atoms with Gasteiger partial charge in [-0.1, -0.05) is 19.4 Å². The number of hydrogen-bond donors (Lipinski definition) is 2. The van der Waals surface area contributed by atoms with Crippen molar-refractivity contribution in [2.24, 2.45) is 5.73 Å². The summed E-state index contributed by atoms with van der Waals surface area (Å²) in [5.74, 6) is 0.283. The van der Waals surface area contributed by atoms with Gasteiger partial charge >= 0.3 is 0 Å². The summed E-state index contributed by atoms with van der Waals surface area (Å²) < 4.78 is 0.744. The van der Waals surface area contributed by atoms with E-state index in [2.05, 4.69) is 27.8 Å². The van der Waals surface area contributed by atoms with Crippen molar-refractivity contribution in [1.29, 1.82) is 0 Å². The van der Waals surface area contributed by atoms with Crippen molar-refractivity contribution in [1.82, 2.24) is 4.90 Å². The molecular weight excluding hydrogens is 304 g/mol. The number of likely N-dealkylation sites (tertiary alicyclic amines) is 1. The van der Waals surface area contributed by atoms with Gasteiger partial charge in [0.2, 0.25) is 0 Å².